The molecule has 1 N–H and O–H groups in total. The molecule has 0 bridgehead atoms. The highest BCUT2D eigenvalue weighted by Crippen LogP contribution is 2.25. The van der Waals surface area contributed by atoms with Crippen LogP contribution in [0.3, 0.4) is 0 Å². The lowest BCUT2D eigenvalue weighted by molar-refractivity contribution is -0.122. The molecule has 0 spiro atoms. The van der Waals surface area contributed by atoms with Crippen molar-refractivity contribution in [1.29, 1.82) is 0 Å². The second kappa shape index (κ2) is 8.49. The normalized spacial score (nSPS) is 15.8. The van der Waals surface area contributed by atoms with Crippen LogP contribution < -0.4 is 5.32 Å². The molecule has 1 aromatic carbocycles. The Balaban J connectivity index is 1.69. The van der Waals surface area contributed by atoms with E-state index in [1.807, 2.05) is 31.2 Å². The zero-order chi connectivity index (χ0) is 18.5. The average Bonchev–Trinajstić information content (AvgIpc) is 3.19. The summed E-state index contributed by atoms with van der Waals surface area (Å²) in [6.45, 7) is 3.73. The summed E-state index contributed by atoms with van der Waals surface area (Å²) < 4.78 is 11.1. The van der Waals surface area contributed by atoms with Gasteiger partial charge in [0, 0.05) is 36.4 Å². The highest BCUT2D eigenvalue weighted by Gasteiger charge is 2.30. The van der Waals surface area contributed by atoms with E-state index in [9.17, 15) is 4.79 Å². The van der Waals surface area contributed by atoms with Gasteiger partial charge in [0.05, 0.1) is 0 Å². The molecule has 0 atom stereocenters. The third-order valence-corrected chi connectivity index (χ3v) is 4.45. The highest BCUT2D eigenvalue weighted by molar-refractivity contribution is 7.80. The van der Waals surface area contributed by atoms with Gasteiger partial charge in [0.1, 0.15) is 17.2 Å². The van der Waals surface area contributed by atoms with Crippen molar-refractivity contribution in [1.82, 2.24) is 10.2 Å². The highest BCUT2D eigenvalue weighted by atomic mass is 35.5. The van der Waals surface area contributed by atoms with Crippen molar-refractivity contribution in [3.8, 4) is 11.3 Å². The van der Waals surface area contributed by atoms with Crippen LogP contribution in [0.4, 0.5) is 0 Å². The molecular formula is C19H19ClN2O3S. The van der Waals surface area contributed by atoms with Crippen molar-refractivity contribution in [2.75, 3.05) is 19.8 Å². The monoisotopic (exact) mass is 390 g/mol. The van der Waals surface area contributed by atoms with Crippen LogP contribution in [-0.2, 0) is 9.53 Å². The third-order valence-electron chi connectivity index (χ3n) is 3.88. The Morgan fingerprint density at radius 3 is 2.77 bits per heavy atom. The number of nitrogens with one attached hydrogen (secondary N) is 1. The van der Waals surface area contributed by atoms with Gasteiger partial charge in [-0.15, -0.1) is 0 Å². The van der Waals surface area contributed by atoms with E-state index in [1.54, 1.807) is 23.1 Å². The molecule has 0 saturated carbocycles. The number of hydrogen-bond donors (Lipinski definition) is 1. The molecule has 0 radical (unpaired) electrons. The molecule has 1 amide bonds. The van der Waals surface area contributed by atoms with Crippen LogP contribution in [0.1, 0.15) is 19.1 Å². The minimum absolute atomic E-state index is 0.157. The lowest BCUT2D eigenvalue weighted by Gasteiger charge is -2.13. The third kappa shape index (κ3) is 4.33. The number of rotatable bonds is 7. The summed E-state index contributed by atoms with van der Waals surface area (Å²) in [6, 6.07) is 11.0. The number of benzene rings is 1. The molecule has 1 aliphatic heterocycles. The van der Waals surface area contributed by atoms with Crippen LogP contribution in [0, 0.1) is 0 Å². The first-order valence-corrected chi connectivity index (χ1v) is 9.15. The van der Waals surface area contributed by atoms with Gasteiger partial charge in [-0.05, 0) is 62.0 Å². The van der Waals surface area contributed by atoms with Gasteiger partial charge < -0.3 is 14.5 Å². The van der Waals surface area contributed by atoms with Crippen molar-refractivity contribution in [3.05, 3.63) is 52.9 Å². The van der Waals surface area contributed by atoms with Gasteiger partial charge in [-0.25, -0.2) is 0 Å². The maximum Gasteiger partial charge on any atom is 0.276 e. The number of thiocarbonyl (C=S) groups is 1. The van der Waals surface area contributed by atoms with Gasteiger partial charge in [-0.2, -0.15) is 0 Å². The van der Waals surface area contributed by atoms with E-state index in [0.29, 0.717) is 47.1 Å². The standard InChI is InChI=1S/C19H19ClN2O3S/c1-2-24-11-3-10-22-18(23)16(21-19(22)26)12-15-8-9-17(25-15)13-4-6-14(20)7-5-13/h4-9,12H,2-3,10-11H2,1H3,(H,21,26)/b16-12+. The van der Waals surface area contributed by atoms with Crippen molar-refractivity contribution in [2.45, 2.75) is 13.3 Å². The molecule has 7 heteroatoms. The Morgan fingerprint density at radius 2 is 2.04 bits per heavy atom. The number of carbonyl (C=O) groups excluding carboxylic acids is 1. The number of furan rings is 1. The van der Waals surface area contributed by atoms with Gasteiger partial charge >= 0.3 is 0 Å². The van der Waals surface area contributed by atoms with Gasteiger partial charge in [-0.1, -0.05) is 11.6 Å². The zero-order valence-corrected chi connectivity index (χ0v) is 15.9. The lowest BCUT2D eigenvalue weighted by atomic mass is 10.2. The molecule has 1 saturated heterocycles. The average molecular weight is 391 g/mol. The summed E-state index contributed by atoms with van der Waals surface area (Å²) in [5.74, 6) is 1.12. The van der Waals surface area contributed by atoms with Crippen LogP contribution in [0.15, 0.2) is 46.5 Å². The van der Waals surface area contributed by atoms with E-state index < -0.39 is 0 Å². The first kappa shape index (κ1) is 18.6. The molecule has 26 heavy (non-hydrogen) atoms. The van der Waals surface area contributed by atoms with Crippen molar-refractivity contribution in [2.24, 2.45) is 0 Å². The second-order valence-electron chi connectivity index (χ2n) is 5.70. The Kier molecular flexibility index (Phi) is 6.08. The van der Waals surface area contributed by atoms with Gasteiger partial charge in [0.2, 0.25) is 0 Å². The quantitative estimate of drug-likeness (QED) is 0.438. The first-order valence-electron chi connectivity index (χ1n) is 8.36. The number of halogens is 1. The fraction of sp³-hybridized carbons (Fsp3) is 0.263. The molecular weight excluding hydrogens is 372 g/mol. The van der Waals surface area contributed by atoms with Gasteiger partial charge in [0.25, 0.3) is 5.91 Å². The van der Waals surface area contributed by atoms with Crippen LogP contribution in [0.5, 0.6) is 0 Å². The minimum atomic E-state index is -0.157. The predicted octanol–water partition coefficient (Wildman–Crippen LogP) is 4.08. The summed E-state index contributed by atoms with van der Waals surface area (Å²) >= 11 is 11.2. The molecule has 2 heterocycles. The SMILES string of the molecule is CCOCCCN1C(=O)/C(=C\c2ccc(-c3ccc(Cl)cc3)o2)NC1=S. The predicted molar refractivity (Wildman–Crippen MR) is 106 cm³/mol. The zero-order valence-electron chi connectivity index (χ0n) is 14.3. The summed E-state index contributed by atoms with van der Waals surface area (Å²) in [5.41, 5.74) is 1.32. The van der Waals surface area contributed by atoms with Crippen LogP contribution in [-0.4, -0.2) is 35.7 Å². The van der Waals surface area contributed by atoms with Crippen molar-refractivity contribution in [3.63, 3.8) is 0 Å². The fourth-order valence-corrected chi connectivity index (χ4v) is 3.00. The lowest BCUT2D eigenvalue weighted by Crippen LogP contribution is -2.32. The Labute approximate surface area is 162 Å². The molecule has 1 fully saturated rings. The molecule has 136 valence electrons. The second-order valence-corrected chi connectivity index (χ2v) is 6.53. The number of carbonyl (C=O) groups is 1. The minimum Gasteiger partial charge on any atom is -0.457 e. The van der Waals surface area contributed by atoms with E-state index in [0.717, 1.165) is 12.0 Å². The molecule has 1 aliphatic rings. The van der Waals surface area contributed by atoms with Gasteiger partial charge in [0.15, 0.2) is 5.11 Å². The Bertz CT molecular complexity index is 830. The van der Waals surface area contributed by atoms with E-state index in [4.69, 9.17) is 33.0 Å². The molecule has 5 nitrogen and oxygen atoms in total. The number of hydrogen-bond acceptors (Lipinski definition) is 4. The summed E-state index contributed by atoms with van der Waals surface area (Å²) in [4.78, 5) is 14.1. The van der Waals surface area contributed by atoms with Crippen LogP contribution >= 0.6 is 23.8 Å². The topological polar surface area (TPSA) is 54.7 Å². The Morgan fingerprint density at radius 1 is 1.27 bits per heavy atom. The number of nitrogens with zero attached hydrogens (tertiary/aromatic N) is 1. The number of amides is 1. The van der Waals surface area contributed by atoms with Crippen LogP contribution in [0.25, 0.3) is 17.4 Å². The molecule has 1 aromatic heterocycles. The van der Waals surface area contributed by atoms with E-state index in [-0.39, 0.29) is 5.91 Å². The van der Waals surface area contributed by atoms with Gasteiger partial charge in [-0.3, -0.25) is 9.69 Å². The Hall–Kier alpha value is -2.15. The first-order chi connectivity index (χ1) is 12.6. The maximum absolute atomic E-state index is 12.5. The van der Waals surface area contributed by atoms with E-state index >= 15 is 0 Å². The summed E-state index contributed by atoms with van der Waals surface area (Å²) in [5, 5.41) is 4.02. The van der Waals surface area contributed by atoms with Crippen LogP contribution in [0.2, 0.25) is 5.02 Å². The smallest absolute Gasteiger partial charge is 0.276 e. The van der Waals surface area contributed by atoms with Crippen molar-refractivity contribution < 1.29 is 13.9 Å². The fourth-order valence-electron chi connectivity index (χ4n) is 2.59. The largest absolute Gasteiger partial charge is 0.457 e. The molecule has 0 aliphatic carbocycles. The summed E-state index contributed by atoms with van der Waals surface area (Å²) in [7, 11) is 0. The van der Waals surface area contributed by atoms with E-state index in [1.165, 1.54) is 0 Å². The molecule has 0 unspecified atom stereocenters. The number of ether oxygens (including phenoxy) is 1. The van der Waals surface area contributed by atoms with E-state index in [2.05, 4.69) is 5.32 Å². The summed E-state index contributed by atoms with van der Waals surface area (Å²) in [6.07, 6.45) is 2.40. The molecule has 3 rings (SSSR count). The molecule has 2 aromatic rings. The van der Waals surface area contributed by atoms with Crippen molar-refractivity contribution >= 4 is 40.9 Å². The maximum atomic E-state index is 12.5.